The molecular formula is C22H23ClN4O4S. The quantitative estimate of drug-likeness (QED) is 0.559. The van der Waals surface area contributed by atoms with E-state index in [-0.39, 0.29) is 24.3 Å². The molecule has 1 atom stereocenters. The number of hydrogen-bond acceptors (Lipinski definition) is 5. The van der Waals surface area contributed by atoms with Crippen LogP contribution in [0.5, 0.6) is 0 Å². The van der Waals surface area contributed by atoms with Crippen LogP contribution in [0.25, 0.3) is 0 Å². The minimum Gasteiger partial charge on any atom is -0.338 e. The zero-order chi connectivity index (χ0) is 22.8. The average Bonchev–Trinajstić information content (AvgIpc) is 3.29. The van der Waals surface area contributed by atoms with Crippen LogP contribution in [0.15, 0.2) is 23.6 Å². The minimum atomic E-state index is -0.621. The second-order valence-corrected chi connectivity index (χ2v) is 9.27. The van der Waals surface area contributed by atoms with Gasteiger partial charge in [0.15, 0.2) is 0 Å². The predicted octanol–water partition coefficient (Wildman–Crippen LogP) is 2.51. The SMILES string of the molecule is Cc1ccc(CNC(=O)NCCc2scc3c2CN(C2CCC(=O)NC2=O)C3=O)cc1Cl. The number of urea groups is 1. The first kappa shape index (κ1) is 22.3. The van der Waals surface area contributed by atoms with E-state index in [1.54, 1.807) is 5.38 Å². The third-order valence-corrected chi connectivity index (χ3v) is 7.21. The molecule has 0 aliphatic carbocycles. The summed E-state index contributed by atoms with van der Waals surface area (Å²) < 4.78 is 0. The normalized spacial score (nSPS) is 17.9. The summed E-state index contributed by atoms with van der Waals surface area (Å²) in [6, 6.07) is 4.76. The topological polar surface area (TPSA) is 108 Å². The first-order valence-electron chi connectivity index (χ1n) is 10.3. The molecule has 0 saturated carbocycles. The number of imide groups is 1. The fourth-order valence-electron chi connectivity index (χ4n) is 3.89. The molecule has 32 heavy (non-hydrogen) atoms. The highest BCUT2D eigenvalue weighted by Crippen LogP contribution is 2.33. The van der Waals surface area contributed by atoms with Crippen LogP contribution in [0.2, 0.25) is 5.02 Å². The van der Waals surface area contributed by atoms with Crippen LogP contribution in [0.4, 0.5) is 4.79 Å². The molecule has 1 aromatic heterocycles. The average molecular weight is 475 g/mol. The van der Waals surface area contributed by atoms with Crippen LogP contribution in [0.3, 0.4) is 0 Å². The summed E-state index contributed by atoms with van der Waals surface area (Å²) in [6.07, 6.45) is 1.15. The van der Waals surface area contributed by atoms with Gasteiger partial charge in [-0.05, 0) is 42.5 Å². The number of halogens is 1. The van der Waals surface area contributed by atoms with E-state index in [0.29, 0.717) is 43.1 Å². The molecular weight excluding hydrogens is 452 g/mol. The number of piperidine rings is 1. The first-order chi connectivity index (χ1) is 15.3. The Balaban J connectivity index is 1.28. The molecule has 1 aromatic carbocycles. The van der Waals surface area contributed by atoms with Crippen molar-refractivity contribution in [1.82, 2.24) is 20.9 Å². The van der Waals surface area contributed by atoms with Crippen molar-refractivity contribution in [2.45, 2.75) is 45.3 Å². The Hall–Kier alpha value is -2.91. The Morgan fingerprint density at radius 1 is 1.28 bits per heavy atom. The number of benzene rings is 1. The van der Waals surface area contributed by atoms with Gasteiger partial charge in [-0.3, -0.25) is 19.7 Å². The van der Waals surface area contributed by atoms with E-state index in [9.17, 15) is 19.2 Å². The highest BCUT2D eigenvalue weighted by atomic mass is 35.5. The highest BCUT2D eigenvalue weighted by Gasteiger charge is 2.40. The van der Waals surface area contributed by atoms with Crippen molar-refractivity contribution in [3.05, 3.63) is 55.7 Å². The van der Waals surface area contributed by atoms with E-state index in [1.807, 2.05) is 25.1 Å². The van der Waals surface area contributed by atoms with Crippen molar-refractivity contribution in [3.63, 3.8) is 0 Å². The maximum atomic E-state index is 12.8. The molecule has 0 radical (unpaired) electrons. The molecule has 0 spiro atoms. The van der Waals surface area contributed by atoms with Gasteiger partial charge in [0, 0.05) is 41.3 Å². The number of nitrogens with one attached hydrogen (secondary N) is 3. The highest BCUT2D eigenvalue weighted by molar-refractivity contribution is 7.10. The van der Waals surface area contributed by atoms with Gasteiger partial charge >= 0.3 is 6.03 Å². The van der Waals surface area contributed by atoms with Crippen molar-refractivity contribution in [2.24, 2.45) is 0 Å². The maximum Gasteiger partial charge on any atom is 0.315 e. The van der Waals surface area contributed by atoms with Gasteiger partial charge in [-0.1, -0.05) is 23.7 Å². The number of hydrogen-bond donors (Lipinski definition) is 3. The van der Waals surface area contributed by atoms with E-state index in [2.05, 4.69) is 16.0 Å². The van der Waals surface area contributed by atoms with E-state index >= 15 is 0 Å². The largest absolute Gasteiger partial charge is 0.338 e. The van der Waals surface area contributed by atoms with E-state index in [4.69, 9.17) is 11.6 Å². The first-order valence-corrected chi connectivity index (χ1v) is 11.6. The van der Waals surface area contributed by atoms with Crippen LogP contribution in [0, 0.1) is 6.92 Å². The number of aryl methyl sites for hydroxylation is 1. The monoisotopic (exact) mass is 474 g/mol. The van der Waals surface area contributed by atoms with Crippen molar-refractivity contribution in [2.75, 3.05) is 6.54 Å². The van der Waals surface area contributed by atoms with Gasteiger partial charge in [-0.25, -0.2) is 4.79 Å². The molecule has 1 saturated heterocycles. The molecule has 3 heterocycles. The van der Waals surface area contributed by atoms with Crippen LogP contribution in [-0.2, 0) is 29.1 Å². The Bertz CT molecular complexity index is 1100. The van der Waals surface area contributed by atoms with Gasteiger partial charge < -0.3 is 15.5 Å². The summed E-state index contributed by atoms with van der Waals surface area (Å²) in [4.78, 5) is 51.0. The molecule has 168 valence electrons. The molecule has 1 fully saturated rings. The minimum absolute atomic E-state index is 0.181. The fraction of sp³-hybridized carbons (Fsp3) is 0.364. The van der Waals surface area contributed by atoms with Crippen molar-refractivity contribution in [3.8, 4) is 0 Å². The summed E-state index contributed by atoms with van der Waals surface area (Å²) >= 11 is 7.59. The summed E-state index contributed by atoms with van der Waals surface area (Å²) in [5.74, 6) is -0.903. The molecule has 2 aliphatic rings. The molecule has 4 rings (SSSR count). The third-order valence-electron chi connectivity index (χ3n) is 5.71. The molecule has 8 nitrogen and oxygen atoms in total. The van der Waals surface area contributed by atoms with Crippen molar-refractivity contribution in [1.29, 1.82) is 0 Å². The Morgan fingerprint density at radius 2 is 2.09 bits per heavy atom. The summed E-state index contributed by atoms with van der Waals surface area (Å²) in [5, 5.41) is 10.4. The van der Waals surface area contributed by atoms with Crippen LogP contribution in [0.1, 0.15) is 44.8 Å². The number of rotatable bonds is 6. The van der Waals surface area contributed by atoms with Crippen LogP contribution < -0.4 is 16.0 Å². The lowest BCUT2D eigenvalue weighted by atomic mass is 10.0. The van der Waals surface area contributed by atoms with Gasteiger partial charge in [-0.15, -0.1) is 11.3 Å². The van der Waals surface area contributed by atoms with Crippen molar-refractivity contribution >= 4 is 46.7 Å². The Labute approximate surface area is 194 Å². The maximum absolute atomic E-state index is 12.8. The number of fused-ring (bicyclic) bond motifs is 1. The number of carbonyl (C=O) groups excluding carboxylic acids is 4. The number of nitrogens with zero attached hydrogens (tertiary/aromatic N) is 1. The molecule has 10 heteroatoms. The zero-order valence-electron chi connectivity index (χ0n) is 17.5. The molecule has 0 bridgehead atoms. The van der Waals surface area contributed by atoms with E-state index < -0.39 is 11.9 Å². The van der Waals surface area contributed by atoms with Crippen LogP contribution >= 0.6 is 22.9 Å². The number of carbonyl (C=O) groups is 4. The van der Waals surface area contributed by atoms with Crippen LogP contribution in [-0.4, -0.2) is 41.2 Å². The second-order valence-electron chi connectivity index (χ2n) is 7.89. The van der Waals surface area contributed by atoms with Gasteiger partial charge in [0.05, 0.1) is 5.56 Å². The van der Waals surface area contributed by atoms with Crippen molar-refractivity contribution < 1.29 is 19.2 Å². The Kier molecular flexibility index (Phi) is 6.48. The molecule has 5 amide bonds. The second kappa shape index (κ2) is 9.30. The smallest absolute Gasteiger partial charge is 0.315 e. The molecule has 1 unspecified atom stereocenters. The number of thiophene rings is 1. The van der Waals surface area contributed by atoms with Gasteiger partial charge in [0.2, 0.25) is 11.8 Å². The van der Waals surface area contributed by atoms with E-state index in [0.717, 1.165) is 21.6 Å². The standard InChI is InChI=1S/C22H23ClN4O4S/c1-12-2-3-13(8-16(12)23)9-25-22(31)24-7-6-18-14-10-27(21(30)15(14)11-32-18)17-4-5-19(28)26-20(17)29/h2-3,8,11,17H,4-7,9-10H2,1H3,(H2,24,25,31)(H,26,28,29). The third kappa shape index (κ3) is 4.63. The lowest BCUT2D eigenvalue weighted by molar-refractivity contribution is -0.136. The lowest BCUT2D eigenvalue weighted by Crippen LogP contribution is -2.52. The van der Waals surface area contributed by atoms with E-state index in [1.165, 1.54) is 16.2 Å². The molecule has 2 aromatic rings. The lowest BCUT2D eigenvalue weighted by Gasteiger charge is -2.29. The zero-order valence-corrected chi connectivity index (χ0v) is 19.1. The van der Waals surface area contributed by atoms with Gasteiger partial charge in [0.1, 0.15) is 6.04 Å². The van der Waals surface area contributed by atoms with Gasteiger partial charge in [0.25, 0.3) is 5.91 Å². The molecule has 2 aliphatic heterocycles. The molecule has 3 N–H and O–H groups in total. The number of amides is 5. The summed E-state index contributed by atoms with van der Waals surface area (Å²) in [6.45, 7) is 3.06. The summed E-state index contributed by atoms with van der Waals surface area (Å²) in [5.41, 5.74) is 3.41. The van der Waals surface area contributed by atoms with Gasteiger partial charge in [-0.2, -0.15) is 0 Å². The fourth-order valence-corrected chi connectivity index (χ4v) is 5.14. The predicted molar refractivity (Wildman–Crippen MR) is 120 cm³/mol. The Morgan fingerprint density at radius 3 is 2.84 bits per heavy atom. The summed E-state index contributed by atoms with van der Waals surface area (Å²) in [7, 11) is 0.